The van der Waals surface area contributed by atoms with E-state index < -0.39 is 34.7 Å². The molecule has 4 nitrogen and oxygen atoms in total. The standard InChI is InChI=1S/C13H15F3N2O2/c1-18(7-3-2-4-17-6-7)13(20)8-5-9(14)11(16)12(19)10(8)15/h5,7,17,19H,2-4,6H2,1H3. The number of nitrogens with zero attached hydrogens (tertiary/aromatic N) is 1. The maximum Gasteiger partial charge on any atom is 0.257 e. The highest BCUT2D eigenvalue weighted by atomic mass is 19.2. The highest BCUT2D eigenvalue weighted by Crippen LogP contribution is 2.27. The summed E-state index contributed by atoms with van der Waals surface area (Å²) in [7, 11) is 1.47. The number of nitrogens with one attached hydrogen (secondary N) is 1. The first-order chi connectivity index (χ1) is 9.43. The SMILES string of the molecule is CN(C(=O)c1cc(F)c(F)c(O)c1F)C1CCCNC1. The number of halogens is 3. The molecule has 0 bridgehead atoms. The Morgan fingerprint density at radius 3 is 2.70 bits per heavy atom. The number of phenols is 1. The first-order valence-corrected chi connectivity index (χ1v) is 6.27. The van der Waals surface area contributed by atoms with Crippen LogP contribution in [0.1, 0.15) is 23.2 Å². The molecule has 20 heavy (non-hydrogen) atoms. The van der Waals surface area contributed by atoms with E-state index in [2.05, 4.69) is 5.32 Å². The molecule has 1 fully saturated rings. The third kappa shape index (κ3) is 2.58. The predicted molar refractivity (Wildman–Crippen MR) is 66.0 cm³/mol. The molecule has 1 aliphatic rings. The van der Waals surface area contributed by atoms with Crippen molar-refractivity contribution < 1.29 is 23.1 Å². The van der Waals surface area contributed by atoms with Crippen LogP contribution >= 0.6 is 0 Å². The highest BCUT2D eigenvalue weighted by molar-refractivity contribution is 5.95. The van der Waals surface area contributed by atoms with Crippen molar-refractivity contribution in [1.82, 2.24) is 10.2 Å². The molecule has 0 radical (unpaired) electrons. The molecule has 1 aromatic carbocycles. The lowest BCUT2D eigenvalue weighted by Gasteiger charge is -2.31. The lowest BCUT2D eigenvalue weighted by Crippen LogP contribution is -2.46. The minimum atomic E-state index is -1.69. The van der Waals surface area contributed by atoms with E-state index in [0.717, 1.165) is 19.4 Å². The number of benzene rings is 1. The van der Waals surface area contributed by atoms with E-state index in [1.807, 2.05) is 0 Å². The topological polar surface area (TPSA) is 52.6 Å². The fourth-order valence-corrected chi connectivity index (χ4v) is 2.27. The Morgan fingerprint density at radius 2 is 2.10 bits per heavy atom. The Bertz CT molecular complexity index is 531. The van der Waals surface area contributed by atoms with Gasteiger partial charge in [-0.2, -0.15) is 4.39 Å². The van der Waals surface area contributed by atoms with Crippen molar-refractivity contribution in [3.63, 3.8) is 0 Å². The Morgan fingerprint density at radius 1 is 1.40 bits per heavy atom. The molecule has 0 aliphatic carbocycles. The lowest BCUT2D eigenvalue weighted by molar-refractivity contribution is 0.0701. The molecule has 1 heterocycles. The van der Waals surface area contributed by atoms with Gasteiger partial charge in [0.15, 0.2) is 17.4 Å². The van der Waals surface area contributed by atoms with Crippen molar-refractivity contribution in [1.29, 1.82) is 0 Å². The van der Waals surface area contributed by atoms with Crippen molar-refractivity contribution in [2.75, 3.05) is 20.1 Å². The van der Waals surface area contributed by atoms with Crippen molar-refractivity contribution in [3.05, 3.63) is 29.1 Å². The number of likely N-dealkylation sites (N-methyl/N-ethyl adjacent to an activating group) is 1. The first kappa shape index (κ1) is 14.6. The van der Waals surface area contributed by atoms with Crippen LogP contribution in [-0.4, -0.2) is 42.1 Å². The van der Waals surface area contributed by atoms with Gasteiger partial charge in [0.1, 0.15) is 0 Å². The zero-order valence-corrected chi connectivity index (χ0v) is 10.9. The van der Waals surface area contributed by atoms with Gasteiger partial charge in [-0.05, 0) is 25.5 Å². The van der Waals surface area contributed by atoms with E-state index in [9.17, 15) is 18.0 Å². The summed E-state index contributed by atoms with van der Waals surface area (Å²) in [6.45, 7) is 1.40. The van der Waals surface area contributed by atoms with Gasteiger partial charge >= 0.3 is 0 Å². The Hall–Kier alpha value is -1.76. The molecule has 1 saturated heterocycles. The third-order valence-corrected chi connectivity index (χ3v) is 3.50. The smallest absolute Gasteiger partial charge is 0.257 e. The number of amides is 1. The van der Waals surface area contributed by atoms with E-state index in [1.165, 1.54) is 11.9 Å². The minimum Gasteiger partial charge on any atom is -0.503 e. The van der Waals surface area contributed by atoms with Gasteiger partial charge in [0, 0.05) is 19.6 Å². The summed E-state index contributed by atoms with van der Waals surface area (Å²) in [5.41, 5.74) is -0.672. The largest absolute Gasteiger partial charge is 0.503 e. The molecular weight excluding hydrogens is 273 g/mol. The van der Waals surface area contributed by atoms with Crippen molar-refractivity contribution in [2.45, 2.75) is 18.9 Å². The van der Waals surface area contributed by atoms with Crippen LogP contribution in [0.25, 0.3) is 0 Å². The number of aromatic hydroxyl groups is 1. The molecule has 1 amide bonds. The number of rotatable bonds is 2. The Labute approximate surface area is 114 Å². The molecule has 0 saturated carbocycles. The molecule has 0 aromatic heterocycles. The highest BCUT2D eigenvalue weighted by Gasteiger charge is 2.28. The van der Waals surface area contributed by atoms with E-state index >= 15 is 0 Å². The predicted octanol–water partition coefficient (Wildman–Crippen LogP) is 1.63. The summed E-state index contributed by atoms with van der Waals surface area (Å²) in [5.74, 6) is -6.85. The second-order valence-corrected chi connectivity index (χ2v) is 4.80. The molecule has 1 atom stereocenters. The van der Waals surface area contributed by atoms with Crippen LogP contribution in [0, 0.1) is 17.5 Å². The van der Waals surface area contributed by atoms with Crippen LogP contribution in [0.15, 0.2) is 6.07 Å². The average Bonchev–Trinajstić information content (AvgIpc) is 2.48. The maximum atomic E-state index is 13.7. The van der Waals surface area contributed by atoms with Gasteiger partial charge in [0.25, 0.3) is 5.91 Å². The van der Waals surface area contributed by atoms with Crippen LogP contribution in [0.2, 0.25) is 0 Å². The summed E-state index contributed by atoms with van der Waals surface area (Å²) in [6, 6.07) is 0.324. The number of carbonyl (C=O) groups is 1. The van der Waals surface area contributed by atoms with Crippen LogP contribution < -0.4 is 5.32 Å². The van der Waals surface area contributed by atoms with Gasteiger partial charge < -0.3 is 15.3 Å². The quantitative estimate of drug-likeness (QED) is 0.813. The number of hydrogen-bond acceptors (Lipinski definition) is 3. The van der Waals surface area contributed by atoms with Crippen LogP contribution in [0.4, 0.5) is 13.2 Å². The molecule has 2 N–H and O–H groups in total. The molecule has 1 aliphatic heterocycles. The normalized spacial score (nSPS) is 18.9. The fourth-order valence-electron chi connectivity index (χ4n) is 2.27. The van der Waals surface area contributed by atoms with Crippen molar-refractivity contribution >= 4 is 5.91 Å². The molecule has 110 valence electrons. The second-order valence-electron chi connectivity index (χ2n) is 4.80. The number of piperidine rings is 1. The Balaban J connectivity index is 2.29. The molecule has 2 rings (SSSR count). The molecule has 0 spiro atoms. The number of phenolic OH excluding ortho intramolecular Hbond substituents is 1. The van der Waals surface area contributed by atoms with E-state index in [1.54, 1.807) is 0 Å². The zero-order chi connectivity index (χ0) is 14.9. The van der Waals surface area contributed by atoms with Crippen molar-refractivity contribution in [2.24, 2.45) is 0 Å². The first-order valence-electron chi connectivity index (χ1n) is 6.27. The monoisotopic (exact) mass is 288 g/mol. The summed E-state index contributed by atoms with van der Waals surface area (Å²) in [5, 5.41) is 12.2. The minimum absolute atomic E-state index is 0.147. The lowest BCUT2D eigenvalue weighted by atomic mass is 10.0. The van der Waals surface area contributed by atoms with Crippen LogP contribution in [0.3, 0.4) is 0 Å². The van der Waals surface area contributed by atoms with Gasteiger partial charge in [-0.1, -0.05) is 0 Å². The zero-order valence-electron chi connectivity index (χ0n) is 10.9. The van der Waals surface area contributed by atoms with Crippen LogP contribution in [0.5, 0.6) is 5.75 Å². The van der Waals surface area contributed by atoms with Gasteiger partial charge in [-0.25, -0.2) is 8.78 Å². The van der Waals surface area contributed by atoms with Gasteiger partial charge in [0.2, 0.25) is 5.82 Å². The van der Waals surface area contributed by atoms with Gasteiger partial charge in [0.05, 0.1) is 5.56 Å². The molecule has 7 heteroatoms. The number of carbonyl (C=O) groups excluding carboxylic acids is 1. The summed E-state index contributed by atoms with van der Waals surface area (Å²) in [4.78, 5) is 13.4. The number of hydrogen-bond donors (Lipinski definition) is 2. The summed E-state index contributed by atoms with van der Waals surface area (Å²) in [6.07, 6.45) is 1.61. The fraction of sp³-hybridized carbons (Fsp3) is 0.462. The molecule has 1 unspecified atom stereocenters. The van der Waals surface area contributed by atoms with E-state index in [-0.39, 0.29) is 6.04 Å². The molecule has 1 aromatic rings. The second kappa shape index (κ2) is 5.70. The maximum absolute atomic E-state index is 13.7. The Kier molecular flexibility index (Phi) is 4.17. The van der Waals surface area contributed by atoms with Gasteiger partial charge in [-0.15, -0.1) is 0 Å². The van der Waals surface area contributed by atoms with E-state index in [0.29, 0.717) is 12.6 Å². The molecular formula is C13H15F3N2O2. The van der Waals surface area contributed by atoms with Crippen molar-refractivity contribution in [3.8, 4) is 5.75 Å². The summed E-state index contributed by atoms with van der Waals surface area (Å²) >= 11 is 0. The van der Waals surface area contributed by atoms with Crippen LogP contribution in [-0.2, 0) is 0 Å². The van der Waals surface area contributed by atoms with E-state index in [4.69, 9.17) is 5.11 Å². The van der Waals surface area contributed by atoms with Gasteiger partial charge in [-0.3, -0.25) is 4.79 Å². The average molecular weight is 288 g/mol. The summed E-state index contributed by atoms with van der Waals surface area (Å²) < 4.78 is 39.9. The third-order valence-electron chi connectivity index (χ3n) is 3.50.